The van der Waals surface area contributed by atoms with E-state index in [1.54, 1.807) is 13.0 Å². The first kappa shape index (κ1) is 20.8. The molecular weight excluding hydrogens is 438 g/mol. The Bertz CT molecular complexity index is 1060. The molecule has 0 spiro atoms. The number of nitrogen functional groups attached to an aromatic ring is 1. The van der Waals surface area contributed by atoms with Crippen LogP contribution in [-0.4, -0.2) is 40.3 Å². The van der Waals surface area contributed by atoms with Gasteiger partial charge in [0.1, 0.15) is 23.0 Å². The van der Waals surface area contributed by atoms with Crippen LogP contribution >= 0.6 is 15.9 Å². The third kappa shape index (κ3) is 3.91. The first-order chi connectivity index (χ1) is 13.2. The molecule has 2 rings (SSSR count). The first-order valence-electron chi connectivity index (χ1n) is 7.71. The number of aromatic nitrogens is 1. The number of ether oxygens (including phenoxy) is 2. The van der Waals surface area contributed by atoms with Crippen molar-refractivity contribution >= 4 is 33.7 Å². The number of hydrogen-bond acceptors (Lipinski definition) is 7. The number of carboxylic acids is 2. The molecule has 0 amide bonds. The zero-order valence-corrected chi connectivity index (χ0v) is 16.0. The molecule has 0 unspecified atom stereocenters. The first-order valence-corrected chi connectivity index (χ1v) is 8.50. The van der Waals surface area contributed by atoms with Gasteiger partial charge in [0.25, 0.3) is 5.56 Å². The Morgan fingerprint density at radius 1 is 1.25 bits per heavy atom. The number of halogens is 1. The molecule has 0 bridgehead atoms. The summed E-state index contributed by atoms with van der Waals surface area (Å²) in [5.41, 5.74) is 2.89. The standard InChI is InChI=1S/C17H14BrN3O7/c1-2-27-9-6-7(5-8(18)13(9)28-4-3-19)10-11(16(23)24)14(20)21-15(22)12(10)17(25)26/h5-6H,2,4H2,1H3,(H,23,24)(H,25,26)(H3,20,21,22). The topological polar surface area (TPSA) is 176 Å². The van der Waals surface area contributed by atoms with Crippen LogP contribution in [0.3, 0.4) is 0 Å². The molecule has 2 aromatic rings. The predicted molar refractivity (Wildman–Crippen MR) is 101 cm³/mol. The average molecular weight is 452 g/mol. The van der Waals surface area contributed by atoms with Gasteiger partial charge in [0.2, 0.25) is 0 Å². The number of aromatic carboxylic acids is 2. The van der Waals surface area contributed by atoms with Crippen LogP contribution in [0.15, 0.2) is 21.4 Å². The summed E-state index contributed by atoms with van der Waals surface area (Å²) in [5.74, 6) is -3.36. The Labute approximate surface area is 166 Å². The van der Waals surface area contributed by atoms with Crippen molar-refractivity contribution in [2.45, 2.75) is 6.92 Å². The summed E-state index contributed by atoms with van der Waals surface area (Å²) in [4.78, 5) is 37.5. The highest BCUT2D eigenvalue weighted by Gasteiger charge is 2.28. The fourth-order valence-corrected chi connectivity index (χ4v) is 3.11. The van der Waals surface area contributed by atoms with Crippen LogP contribution in [0.2, 0.25) is 0 Å². The lowest BCUT2D eigenvalue weighted by atomic mass is 9.95. The molecule has 0 saturated heterocycles. The molecule has 1 aromatic carbocycles. The van der Waals surface area contributed by atoms with E-state index in [2.05, 4.69) is 15.9 Å². The van der Waals surface area contributed by atoms with Gasteiger partial charge in [-0.05, 0) is 40.5 Å². The van der Waals surface area contributed by atoms with E-state index in [1.165, 1.54) is 12.1 Å². The summed E-state index contributed by atoms with van der Waals surface area (Å²) < 4.78 is 11.0. The number of rotatable bonds is 7. The highest BCUT2D eigenvalue weighted by molar-refractivity contribution is 9.10. The van der Waals surface area contributed by atoms with Crippen LogP contribution in [0, 0.1) is 11.3 Å². The Balaban J connectivity index is 2.91. The highest BCUT2D eigenvalue weighted by atomic mass is 79.9. The van der Waals surface area contributed by atoms with Crippen LogP contribution in [0.4, 0.5) is 5.82 Å². The maximum Gasteiger partial charge on any atom is 0.342 e. The Morgan fingerprint density at radius 2 is 1.89 bits per heavy atom. The Hall–Kier alpha value is -3.52. The van der Waals surface area contributed by atoms with Crippen molar-refractivity contribution < 1.29 is 29.3 Å². The summed E-state index contributed by atoms with van der Waals surface area (Å²) in [6, 6.07) is 4.47. The largest absolute Gasteiger partial charge is 0.490 e. The molecule has 1 heterocycles. The number of nitrogens with one attached hydrogen (secondary N) is 1. The van der Waals surface area contributed by atoms with Gasteiger partial charge in [0.05, 0.1) is 11.1 Å². The number of benzene rings is 1. The van der Waals surface area contributed by atoms with Gasteiger partial charge < -0.3 is 30.4 Å². The molecule has 146 valence electrons. The minimum atomic E-state index is -1.63. The summed E-state index contributed by atoms with van der Waals surface area (Å²) >= 11 is 3.23. The number of carbonyl (C=O) groups is 2. The highest BCUT2D eigenvalue weighted by Crippen LogP contribution is 2.41. The van der Waals surface area contributed by atoms with Gasteiger partial charge in [0, 0.05) is 5.56 Å². The van der Waals surface area contributed by atoms with E-state index in [9.17, 15) is 24.6 Å². The SMILES string of the molecule is CCOc1cc(-c2c(C(=O)O)c(N)[nH]c(=O)c2C(=O)O)cc(Br)c1OCC#N. The second kappa shape index (κ2) is 8.45. The van der Waals surface area contributed by atoms with E-state index in [1.807, 2.05) is 4.98 Å². The van der Waals surface area contributed by atoms with Crippen molar-refractivity contribution in [2.24, 2.45) is 0 Å². The van der Waals surface area contributed by atoms with Crippen LogP contribution in [0.1, 0.15) is 27.6 Å². The van der Waals surface area contributed by atoms with Crippen LogP contribution in [0.25, 0.3) is 11.1 Å². The van der Waals surface area contributed by atoms with Gasteiger partial charge in [-0.2, -0.15) is 5.26 Å². The van der Waals surface area contributed by atoms with Crippen molar-refractivity contribution in [3.63, 3.8) is 0 Å². The lowest BCUT2D eigenvalue weighted by molar-refractivity contribution is 0.0695. The molecule has 0 aliphatic carbocycles. The lowest BCUT2D eigenvalue weighted by Gasteiger charge is -2.16. The molecule has 0 aliphatic rings. The lowest BCUT2D eigenvalue weighted by Crippen LogP contribution is -2.24. The number of pyridine rings is 1. The Kier molecular flexibility index (Phi) is 6.27. The molecule has 0 aliphatic heterocycles. The average Bonchev–Trinajstić information content (AvgIpc) is 2.59. The zero-order valence-electron chi connectivity index (χ0n) is 14.4. The molecule has 10 nitrogen and oxygen atoms in total. The smallest absolute Gasteiger partial charge is 0.342 e. The normalized spacial score (nSPS) is 10.2. The quantitative estimate of drug-likeness (QED) is 0.490. The van der Waals surface area contributed by atoms with Crippen molar-refractivity contribution in [3.8, 4) is 28.7 Å². The Morgan fingerprint density at radius 3 is 2.43 bits per heavy atom. The molecule has 0 fully saturated rings. The van der Waals surface area contributed by atoms with Crippen LogP contribution < -0.4 is 20.8 Å². The molecule has 0 radical (unpaired) electrons. The summed E-state index contributed by atoms with van der Waals surface area (Å²) in [7, 11) is 0. The molecule has 0 saturated carbocycles. The molecule has 1 aromatic heterocycles. The minimum absolute atomic E-state index is 0.0484. The summed E-state index contributed by atoms with van der Waals surface area (Å²) in [5, 5.41) is 27.7. The van der Waals surface area contributed by atoms with E-state index < -0.39 is 34.4 Å². The van der Waals surface area contributed by atoms with Gasteiger partial charge in [-0.1, -0.05) is 0 Å². The molecule has 5 N–H and O–H groups in total. The number of carboxylic acid groups (broad SMARTS) is 2. The van der Waals surface area contributed by atoms with Crippen molar-refractivity contribution in [1.82, 2.24) is 4.98 Å². The van der Waals surface area contributed by atoms with E-state index in [0.29, 0.717) is 0 Å². The number of nitrogens with zero attached hydrogens (tertiary/aromatic N) is 1. The molecule has 11 heteroatoms. The van der Waals surface area contributed by atoms with Gasteiger partial charge in [-0.3, -0.25) is 4.79 Å². The molecule has 28 heavy (non-hydrogen) atoms. The fourth-order valence-electron chi connectivity index (χ4n) is 2.56. The van der Waals surface area contributed by atoms with Crippen molar-refractivity contribution in [3.05, 3.63) is 38.1 Å². The number of nitrogens with two attached hydrogens (primary N) is 1. The van der Waals surface area contributed by atoms with Crippen molar-refractivity contribution in [2.75, 3.05) is 18.9 Å². The van der Waals surface area contributed by atoms with Gasteiger partial charge in [-0.15, -0.1) is 0 Å². The third-order valence-corrected chi connectivity index (χ3v) is 4.14. The van der Waals surface area contributed by atoms with E-state index in [4.69, 9.17) is 20.5 Å². The number of aromatic amines is 1. The fraction of sp³-hybridized carbons (Fsp3) is 0.176. The van der Waals surface area contributed by atoms with Crippen LogP contribution in [-0.2, 0) is 0 Å². The second-order valence-electron chi connectivity index (χ2n) is 5.27. The molecule has 0 atom stereocenters. The minimum Gasteiger partial charge on any atom is -0.490 e. The van der Waals surface area contributed by atoms with Gasteiger partial charge in [-0.25, -0.2) is 9.59 Å². The predicted octanol–water partition coefficient (Wildman–Crippen LogP) is 2.08. The van der Waals surface area contributed by atoms with E-state index in [-0.39, 0.29) is 40.3 Å². The maximum absolute atomic E-state index is 12.1. The number of hydrogen-bond donors (Lipinski definition) is 4. The number of anilines is 1. The summed E-state index contributed by atoms with van der Waals surface area (Å²) in [6.45, 7) is 1.61. The van der Waals surface area contributed by atoms with Gasteiger partial charge in [0.15, 0.2) is 18.1 Å². The van der Waals surface area contributed by atoms with Crippen molar-refractivity contribution in [1.29, 1.82) is 5.26 Å². The zero-order chi connectivity index (χ0) is 21.0. The van der Waals surface area contributed by atoms with Crippen LogP contribution in [0.5, 0.6) is 11.5 Å². The maximum atomic E-state index is 12.1. The summed E-state index contributed by atoms with van der Waals surface area (Å²) in [6.07, 6.45) is 0. The van der Waals surface area contributed by atoms with Gasteiger partial charge >= 0.3 is 11.9 Å². The monoisotopic (exact) mass is 451 g/mol. The second-order valence-corrected chi connectivity index (χ2v) is 6.12. The third-order valence-electron chi connectivity index (χ3n) is 3.55. The number of H-pyrrole nitrogens is 1. The van der Waals surface area contributed by atoms with E-state index in [0.717, 1.165) is 0 Å². The molecular formula is C17H14BrN3O7. The number of nitriles is 1. The van der Waals surface area contributed by atoms with E-state index >= 15 is 0 Å².